The molecule has 300 valence electrons. The highest BCUT2D eigenvalue weighted by Crippen LogP contribution is 2.44. The molecule has 1 aliphatic carbocycles. The van der Waals surface area contributed by atoms with Crippen LogP contribution >= 0.6 is 21.6 Å². The van der Waals surface area contributed by atoms with Crippen LogP contribution < -0.4 is 10.6 Å². The van der Waals surface area contributed by atoms with E-state index in [0.717, 1.165) is 22.3 Å². The fourth-order valence-corrected chi connectivity index (χ4v) is 8.66. The van der Waals surface area contributed by atoms with Crippen LogP contribution in [0.1, 0.15) is 57.6 Å². The maximum atomic E-state index is 13.2. The summed E-state index contributed by atoms with van der Waals surface area (Å²) in [4.78, 5) is 38.4. The number of carbonyl (C=O) groups excluding carboxylic acids is 3. The second-order valence-corrected chi connectivity index (χ2v) is 17.4. The highest BCUT2D eigenvalue weighted by molar-refractivity contribution is 8.77. The fraction of sp³-hybridized carbons (Fsp3) is 0.615. The van der Waals surface area contributed by atoms with E-state index >= 15 is 0 Å². The summed E-state index contributed by atoms with van der Waals surface area (Å²) < 4.78 is 33.0. The number of hydrogen-bond acceptors (Lipinski definition) is 13. The number of nitrogens with one attached hydrogen (secondary N) is 2. The molecule has 1 saturated heterocycles. The average molecular weight is 793 g/mol. The number of benzene rings is 2. The number of methoxy groups -OCH3 is 1. The molecule has 1 aliphatic heterocycles. The molecule has 6 atom stereocenters. The molecule has 0 radical (unpaired) electrons. The predicted molar refractivity (Wildman–Crippen MR) is 208 cm³/mol. The smallest absolute Gasteiger partial charge is 0.407 e. The molecule has 1 fully saturated rings. The summed E-state index contributed by atoms with van der Waals surface area (Å²) in [5, 5.41) is 25.7. The number of carbonyl (C=O) groups is 3. The molecular weight excluding hydrogens is 737 g/mol. The summed E-state index contributed by atoms with van der Waals surface area (Å²) in [5.74, 6) is -0.461. The number of Topliss-reactive ketones (excluding diaryl/α,β-unsaturated/α-hetero) is 1. The third kappa shape index (κ3) is 13.5. The van der Waals surface area contributed by atoms with E-state index in [1.54, 1.807) is 28.5 Å². The van der Waals surface area contributed by atoms with Gasteiger partial charge in [0.05, 0.1) is 38.6 Å². The lowest BCUT2D eigenvalue weighted by Gasteiger charge is -2.40. The number of rotatable bonds is 22. The van der Waals surface area contributed by atoms with Crippen molar-refractivity contribution in [2.24, 2.45) is 5.92 Å². The lowest BCUT2D eigenvalue weighted by atomic mass is 9.91. The summed E-state index contributed by atoms with van der Waals surface area (Å²) >= 11 is 0. The molecule has 3 unspecified atom stereocenters. The van der Waals surface area contributed by atoms with Gasteiger partial charge in [-0.1, -0.05) is 97.8 Å². The van der Waals surface area contributed by atoms with Gasteiger partial charge in [0, 0.05) is 49.0 Å². The molecule has 15 heteroatoms. The van der Waals surface area contributed by atoms with Crippen LogP contribution in [0.5, 0.6) is 0 Å². The number of alkyl carbamates (subject to hydrolysis) is 1. The van der Waals surface area contributed by atoms with Crippen molar-refractivity contribution in [2.75, 3.05) is 65.7 Å². The quantitative estimate of drug-likeness (QED) is 0.0984. The Morgan fingerprint density at radius 2 is 1.54 bits per heavy atom. The van der Waals surface area contributed by atoms with Crippen LogP contribution in [0.25, 0.3) is 11.1 Å². The Hall–Kier alpha value is -2.73. The Labute approximate surface area is 326 Å². The monoisotopic (exact) mass is 792 g/mol. The number of ether oxygens (including phenoxy) is 6. The van der Waals surface area contributed by atoms with E-state index in [2.05, 4.69) is 55.7 Å². The number of aliphatic hydroxyl groups is 2. The minimum absolute atomic E-state index is 0.00531. The van der Waals surface area contributed by atoms with Gasteiger partial charge in [0.25, 0.3) is 0 Å². The first-order chi connectivity index (χ1) is 25.9. The van der Waals surface area contributed by atoms with E-state index in [-0.39, 0.29) is 61.7 Å². The summed E-state index contributed by atoms with van der Waals surface area (Å²) in [6.45, 7) is 9.63. The first-order valence-corrected chi connectivity index (χ1v) is 20.7. The van der Waals surface area contributed by atoms with Crippen LogP contribution in [-0.4, -0.2) is 129 Å². The van der Waals surface area contributed by atoms with E-state index < -0.39 is 42.7 Å². The summed E-state index contributed by atoms with van der Waals surface area (Å²) in [5.41, 5.74) is 4.55. The van der Waals surface area contributed by atoms with Gasteiger partial charge < -0.3 is 49.3 Å². The minimum Gasteiger partial charge on any atom is -0.449 e. The Bertz CT molecular complexity index is 1450. The zero-order valence-corrected chi connectivity index (χ0v) is 33.5. The normalized spacial score (nSPS) is 21.6. The average Bonchev–Trinajstić information content (AvgIpc) is 3.47. The highest BCUT2D eigenvalue weighted by Gasteiger charge is 2.42. The van der Waals surface area contributed by atoms with Crippen molar-refractivity contribution in [3.05, 3.63) is 59.7 Å². The van der Waals surface area contributed by atoms with Crippen molar-refractivity contribution in [1.82, 2.24) is 10.6 Å². The van der Waals surface area contributed by atoms with Crippen LogP contribution in [-0.2, 0) is 38.0 Å². The first kappa shape index (κ1) is 44.0. The zero-order valence-electron chi connectivity index (χ0n) is 31.8. The van der Waals surface area contributed by atoms with Crippen LogP contribution in [0.15, 0.2) is 48.5 Å². The van der Waals surface area contributed by atoms with Gasteiger partial charge in [-0.05, 0) is 28.7 Å². The second-order valence-electron chi connectivity index (χ2n) is 14.3. The van der Waals surface area contributed by atoms with Gasteiger partial charge in [-0.2, -0.15) is 0 Å². The standard InChI is InChI=1S/C39H56N2O11S2/c1-25-33(52-37(47-5)36(45)35(25)44)22-50-23-34(43)40-16-18-49-20-19-48-17-10-15-32(42)31(24-53-54-39(2,3)4)41-38(46)51-21-30-28-13-8-6-11-26(28)27-12-7-9-14-29(27)30/h6-9,11-14,25,30-31,33,35-37,44-45H,10,15-24H2,1-5H3,(H,40,43)(H,41,46)/t25-,31?,33?,35+,36?,37-/m1/s1. The maximum absolute atomic E-state index is 13.2. The lowest BCUT2D eigenvalue weighted by molar-refractivity contribution is -0.282. The molecule has 2 aliphatic rings. The molecule has 2 aromatic carbocycles. The van der Waals surface area contributed by atoms with Crippen LogP contribution in [0.2, 0.25) is 0 Å². The predicted octanol–water partition coefficient (Wildman–Crippen LogP) is 4.32. The summed E-state index contributed by atoms with van der Waals surface area (Å²) in [7, 11) is 4.59. The van der Waals surface area contributed by atoms with E-state index in [9.17, 15) is 24.6 Å². The zero-order chi connectivity index (χ0) is 39.1. The van der Waals surface area contributed by atoms with Crippen LogP contribution in [0.3, 0.4) is 0 Å². The Morgan fingerprint density at radius 3 is 2.19 bits per heavy atom. The minimum atomic E-state index is -1.16. The molecule has 0 bridgehead atoms. The Balaban J connectivity index is 1.08. The maximum Gasteiger partial charge on any atom is 0.407 e. The molecular formula is C39H56N2O11S2. The van der Waals surface area contributed by atoms with Gasteiger partial charge in [-0.3, -0.25) is 9.59 Å². The third-order valence-electron chi connectivity index (χ3n) is 9.03. The fourth-order valence-electron chi connectivity index (χ4n) is 6.16. The summed E-state index contributed by atoms with van der Waals surface area (Å²) in [6, 6.07) is 15.6. The van der Waals surface area contributed by atoms with Crippen molar-refractivity contribution in [3.8, 4) is 11.1 Å². The van der Waals surface area contributed by atoms with Crippen molar-refractivity contribution in [2.45, 2.75) is 81.8 Å². The largest absolute Gasteiger partial charge is 0.449 e. The Morgan fingerprint density at radius 1 is 0.889 bits per heavy atom. The number of hydrogen-bond donors (Lipinski definition) is 4. The van der Waals surface area contributed by atoms with E-state index in [1.165, 1.54) is 7.11 Å². The molecule has 54 heavy (non-hydrogen) atoms. The second kappa shape index (κ2) is 22.1. The van der Waals surface area contributed by atoms with Crippen molar-refractivity contribution >= 4 is 39.4 Å². The molecule has 1 heterocycles. The molecule has 2 aromatic rings. The molecule has 0 saturated carbocycles. The van der Waals surface area contributed by atoms with Crippen molar-refractivity contribution < 1.29 is 53.0 Å². The molecule has 4 rings (SSSR count). The Kier molecular flexibility index (Phi) is 18.0. The van der Waals surface area contributed by atoms with Gasteiger partial charge in [-0.15, -0.1) is 0 Å². The molecule has 2 amide bonds. The van der Waals surface area contributed by atoms with E-state index in [0.29, 0.717) is 32.0 Å². The summed E-state index contributed by atoms with van der Waals surface area (Å²) in [6.07, 6.45) is -3.56. The topological polar surface area (TPSA) is 171 Å². The van der Waals surface area contributed by atoms with Crippen LogP contribution in [0.4, 0.5) is 4.79 Å². The van der Waals surface area contributed by atoms with Gasteiger partial charge in [0.15, 0.2) is 12.1 Å². The number of aliphatic hydroxyl groups excluding tert-OH is 2. The van der Waals surface area contributed by atoms with Gasteiger partial charge in [-0.25, -0.2) is 4.79 Å². The highest BCUT2D eigenvalue weighted by atomic mass is 33.1. The van der Waals surface area contributed by atoms with Crippen molar-refractivity contribution in [1.29, 1.82) is 0 Å². The number of ketones is 1. The van der Waals surface area contributed by atoms with Crippen LogP contribution in [0, 0.1) is 5.92 Å². The SMILES string of the molecule is CO[C@@H]1OC(COCC(=O)NCCOCCOCCCC(=O)C(CSSC(C)(C)C)NC(=O)OCC2c3ccccc3-c3ccccc32)[C@@H](C)[C@H](O)C1O. The van der Waals surface area contributed by atoms with Gasteiger partial charge in [0.2, 0.25) is 5.91 Å². The molecule has 4 N–H and O–H groups in total. The number of amides is 2. The first-order valence-electron chi connectivity index (χ1n) is 18.4. The third-order valence-corrected chi connectivity index (χ3v) is 12.4. The lowest BCUT2D eigenvalue weighted by Crippen LogP contribution is -2.55. The molecule has 13 nitrogen and oxygen atoms in total. The molecule has 0 aromatic heterocycles. The number of fused-ring (bicyclic) bond motifs is 3. The van der Waals surface area contributed by atoms with Gasteiger partial charge >= 0.3 is 6.09 Å². The van der Waals surface area contributed by atoms with Gasteiger partial charge in [0.1, 0.15) is 25.4 Å². The van der Waals surface area contributed by atoms with E-state index in [4.69, 9.17) is 28.4 Å². The van der Waals surface area contributed by atoms with Crippen molar-refractivity contribution in [3.63, 3.8) is 0 Å². The molecule has 0 spiro atoms. The van der Waals surface area contributed by atoms with E-state index in [1.807, 2.05) is 24.3 Å².